The molecule has 8 heteroatoms. The van der Waals surface area contributed by atoms with E-state index in [9.17, 15) is 20.2 Å². The molecule has 0 bridgehead atoms. The standard InChI is InChI=1S/C16H25N3O5/c1-6-11(7-2)17-15-14(18(20)21)8-12(10(3)4)13(9-24-5)16(15)19(22)23/h8,10-11,17H,6-7,9H2,1-5H3. The molecule has 24 heavy (non-hydrogen) atoms. The van der Waals surface area contributed by atoms with E-state index in [4.69, 9.17) is 4.74 Å². The van der Waals surface area contributed by atoms with Gasteiger partial charge in [-0.2, -0.15) is 0 Å². The van der Waals surface area contributed by atoms with Gasteiger partial charge in [-0.25, -0.2) is 0 Å². The van der Waals surface area contributed by atoms with Crippen molar-refractivity contribution in [1.29, 1.82) is 0 Å². The number of nitro benzene ring substituents is 2. The topological polar surface area (TPSA) is 108 Å². The fourth-order valence-electron chi connectivity index (χ4n) is 2.71. The van der Waals surface area contributed by atoms with Crippen LogP contribution in [0.5, 0.6) is 0 Å². The lowest BCUT2D eigenvalue weighted by Crippen LogP contribution is -2.20. The Bertz CT molecular complexity index is 612. The first kappa shape index (κ1) is 19.8. The first-order valence-electron chi connectivity index (χ1n) is 8.02. The minimum absolute atomic E-state index is 0.0272. The van der Waals surface area contributed by atoms with E-state index >= 15 is 0 Å². The second-order valence-corrected chi connectivity index (χ2v) is 5.95. The van der Waals surface area contributed by atoms with Gasteiger partial charge in [0.05, 0.1) is 22.0 Å². The van der Waals surface area contributed by atoms with Crippen LogP contribution in [0.2, 0.25) is 0 Å². The molecule has 0 aliphatic rings. The fraction of sp³-hybridized carbons (Fsp3) is 0.625. The van der Waals surface area contributed by atoms with Crippen molar-refractivity contribution < 1.29 is 14.6 Å². The predicted octanol–water partition coefficient (Wildman–Crippen LogP) is 4.37. The molecule has 0 spiro atoms. The SMILES string of the molecule is CCC(CC)Nc1c([N+](=O)[O-])cc(C(C)C)c(COC)c1[N+](=O)[O-]. The van der Waals surface area contributed by atoms with Gasteiger partial charge < -0.3 is 10.1 Å². The number of nitrogens with one attached hydrogen (secondary N) is 1. The molecule has 1 aromatic carbocycles. The van der Waals surface area contributed by atoms with Crippen molar-refractivity contribution in [2.75, 3.05) is 12.4 Å². The van der Waals surface area contributed by atoms with Gasteiger partial charge in [-0.1, -0.05) is 27.7 Å². The van der Waals surface area contributed by atoms with Gasteiger partial charge in [0.25, 0.3) is 5.69 Å². The first-order chi connectivity index (χ1) is 11.3. The Labute approximate surface area is 141 Å². The van der Waals surface area contributed by atoms with E-state index in [2.05, 4.69) is 5.32 Å². The molecule has 0 heterocycles. The highest BCUT2D eigenvalue weighted by atomic mass is 16.6. The lowest BCUT2D eigenvalue weighted by Gasteiger charge is -2.20. The number of nitrogens with zero attached hydrogens (tertiary/aromatic N) is 2. The van der Waals surface area contributed by atoms with Crippen molar-refractivity contribution in [2.45, 2.75) is 59.1 Å². The molecule has 0 fully saturated rings. The molecule has 0 saturated heterocycles. The molecule has 8 nitrogen and oxygen atoms in total. The monoisotopic (exact) mass is 339 g/mol. The second kappa shape index (κ2) is 8.58. The zero-order valence-electron chi connectivity index (χ0n) is 14.8. The fourth-order valence-corrected chi connectivity index (χ4v) is 2.71. The van der Waals surface area contributed by atoms with Crippen LogP contribution in [0.4, 0.5) is 17.1 Å². The number of hydrogen-bond acceptors (Lipinski definition) is 6. The van der Waals surface area contributed by atoms with Gasteiger partial charge in [-0.3, -0.25) is 20.2 Å². The van der Waals surface area contributed by atoms with Crippen LogP contribution in [-0.4, -0.2) is 23.0 Å². The lowest BCUT2D eigenvalue weighted by molar-refractivity contribution is -0.393. The summed E-state index contributed by atoms with van der Waals surface area (Å²) in [4.78, 5) is 22.1. The summed E-state index contributed by atoms with van der Waals surface area (Å²) in [5.74, 6) is -0.102. The quantitative estimate of drug-likeness (QED) is 0.528. The van der Waals surface area contributed by atoms with Crippen molar-refractivity contribution in [3.05, 3.63) is 37.4 Å². The van der Waals surface area contributed by atoms with E-state index in [1.807, 2.05) is 27.7 Å². The normalized spacial score (nSPS) is 11.1. The molecular formula is C16H25N3O5. The molecule has 0 aliphatic heterocycles. The number of hydrogen-bond donors (Lipinski definition) is 1. The molecule has 0 aromatic heterocycles. The Hall–Kier alpha value is -2.22. The largest absolute Gasteiger partial charge is 0.380 e. The third-order valence-electron chi connectivity index (χ3n) is 4.04. The average Bonchev–Trinajstić information content (AvgIpc) is 2.51. The van der Waals surface area contributed by atoms with Crippen LogP contribution in [0.15, 0.2) is 6.07 Å². The van der Waals surface area contributed by atoms with Gasteiger partial charge in [-0.15, -0.1) is 0 Å². The molecule has 1 rings (SSSR count). The van der Waals surface area contributed by atoms with Crippen LogP contribution in [0.3, 0.4) is 0 Å². The summed E-state index contributed by atoms with van der Waals surface area (Å²) >= 11 is 0. The molecule has 0 aliphatic carbocycles. The van der Waals surface area contributed by atoms with E-state index in [0.717, 1.165) is 0 Å². The highest BCUT2D eigenvalue weighted by Crippen LogP contribution is 2.42. The zero-order chi connectivity index (χ0) is 18.4. The van der Waals surface area contributed by atoms with E-state index < -0.39 is 9.85 Å². The van der Waals surface area contributed by atoms with Crippen molar-refractivity contribution in [3.63, 3.8) is 0 Å². The minimum Gasteiger partial charge on any atom is -0.380 e. The van der Waals surface area contributed by atoms with Crippen molar-refractivity contribution in [2.24, 2.45) is 0 Å². The van der Waals surface area contributed by atoms with Gasteiger partial charge in [0.1, 0.15) is 0 Å². The first-order valence-corrected chi connectivity index (χ1v) is 8.02. The third-order valence-corrected chi connectivity index (χ3v) is 4.04. The van der Waals surface area contributed by atoms with Gasteiger partial charge in [0, 0.05) is 19.2 Å². The van der Waals surface area contributed by atoms with E-state index in [0.29, 0.717) is 24.0 Å². The molecule has 0 radical (unpaired) electrons. The van der Waals surface area contributed by atoms with Gasteiger partial charge >= 0.3 is 5.69 Å². The number of nitro groups is 2. The van der Waals surface area contributed by atoms with Crippen molar-refractivity contribution >= 4 is 17.1 Å². The van der Waals surface area contributed by atoms with Crippen LogP contribution < -0.4 is 5.32 Å². The zero-order valence-corrected chi connectivity index (χ0v) is 14.8. The van der Waals surface area contributed by atoms with E-state index in [1.165, 1.54) is 13.2 Å². The predicted molar refractivity (Wildman–Crippen MR) is 92.5 cm³/mol. The van der Waals surface area contributed by atoms with E-state index in [1.54, 1.807) is 0 Å². The molecular weight excluding hydrogens is 314 g/mol. The van der Waals surface area contributed by atoms with Crippen LogP contribution >= 0.6 is 0 Å². The number of anilines is 1. The maximum absolute atomic E-state index is 11.7. The Morgan fingerprint density at radius 2 is 1.75 bits per heavy atom. The number of ether oxygens (including phenoxy) is 1. The van der Waals surface area contributed by atoms with Crippen LogP contribution in [0.1, 0.15) is 57.6 Å². The summed E-state index contributed by atoms with van der Waals surface area (Å²) < 4.78 is 5.12. The minimum atomic E-state index is -0.569. The third kappa shape index (κ3) is 4.19. The summed E-state index contributed by atoms with van der Waals surface area (Å²) in [6, 6.07) is 1.35. The number of rotatable bonds is 9. The van der Waals surface area contributed by atoms with Crippen molar-refractivity contribution in [1.82, 2.24) is 0 Å². The molecule has 0 atom stereocenters. The Balaban J connectivity index is 3.77. The maximum Gasteiger partial charge on any atom is 0.305 e. The molecule has 0 unspecified atom stereocenters. The average molecular weight is 339 g/mol. The van der Waals surface area contributed by atoms with Gasteiger partial charge in [0.15, 0.2) is 5.69 Å². The van der Waals surface area contributed by atoms with E-state index in [-0.39, 0.29) is 35.6 Å². The molecule has 1 N–H and O–H groups in total. The smallest absolute Gasteiger partial charge is 0.305 e. The van der Waals surface area contributed by atoms with Crippen LogP contribution in [0.25, 0.3) is 0 Å². The maximum atomic E-state index is 11.7. The Morgan fingerprint density at radius 1 is 1.17 bits per heavy atom. The highest BCUT2D eigenvalue weighted by Gasteiger charge is 2.33. The summed E-state index contributed by atoms with van der Waals surface area (Å²) in [6.07, 6.45) is 1.41. The van der Waals surface area contributed by atoms with Gasteiger partial charge in [-0.05, 0) is 24.3 Å². The molecule has 0 amide bonds. The molecule has 134 valence electrons. The van der Waals surface area contributed by atoms with Gasteiger partial charge in [0.2, 0.25) is 0 Å². The summed E-state index contributed by atoms with van der Waals surface area (Å²) in [5, 5.41) is 26.2. The van der Waals surface area contributed by atoms with Crippen LogP contribution in [-0.2, 0) is 11.3 Å². The number of benzene rings is 1. The summed E-state index contributed by atoms with van der Waals surface area (Å²) in [6.45, 7) is 7.57. The summed E-state index contributed by atoms with van der Waals surface area (Å²) in [5.41, 5.74) is 0.385. The Morgan fingerprint density at radius 3 is 2.12 bits per heavy atom. The second-order valence-electron chi connectivity index (χ2n) is 5.95. The summed E-state index contributed by atoms with van der Waals surface area (Å²) in [7, 11) is 1.45. The molecule has 0 saturated carbocycles. The van der Waals surface area contributed by atoms with Crippen molar-refractivity contribution in [3.8, 4) is 0 Å². The number of methoxy groups -OCH3 is 1. The highest BCUT2D eigenvalue weighted by molar-refractivity contribution is 5.78. The lowest BCUT2D eigenvalue weighted by atomic mass is 9.93. The Kier molecular flexibility index (Phi) is 7.09. The molecule has 1 aromatic rings. The van der Waals surface area contributed by atoms with Crippen LogP contribution in [0, 0.1) is 20.2 Å².